The van der Waals surface area contributed by atoms with Gasteiger partial charge in [-0.15, -0.1) is 0 Å². The van der Waals surface area contributed by atoms with Crippen molar-refractivity contribution in [3.8, 4) is 6.01 Å². The van der Waals surface area contributed by atoms with Crippen LogP contribution in [0.5, 0.6) is 6.01 Å². The van der Waals surface area contributed by atoms with Gasteiger partial charge < -0.3 is 19.8 Å². The Bertz CT molecular complexity index is 889. The number of Topliss-reactive ketones (excluding diaryl/α,β-unsaturated/α-hetero) is 1. The number of nitrogen functional groups attached to an aromatic ring is 1. The first kappa shape index (κ1) is 16.8. The van der Waals surface area contributed by atoms with Gasteiger partial charge in [-0.25, -0.2) is 4.98 Å². The molecule has 0 unspecified atom stereocenters. The van der Waals surface area contributed by atoms with Gasteiger partial charge in [-0.3, -0.25) is 4.79 Å². The molecule has 0 aliphatic carbocycles. The highest BCUT2D eigenvalue weighted by atomic mass is 16.5. The summed E-state index contributed by atoms with van der Waals surface area (Å²) in [6.07, 6.45) is 1.66. The number of carbonyl (C=O) groups excluding carboxylic acids is 1. The van der Waals surface area contributed by atoms with E-state index in [4.69, 9.17) is 15.2 Å². The highest BCUT2D eigenvalue weighted by molar-refractivity contribution is 5.94. The Morgan fingerprint density at radius 1 is 1.20 bits per heavy atom. The zero-order chi connectivity index (χ0) is 17.8. The number of ketones is 1. The lowest BCUT2D eigenvalue weighted by Crippen LogP contribution is -2.09. The second kappa shape index (κ2) is 7.27. The average Bonchev–Trinajstić information content (AvgIpc) is 2.99. The number of nitrogens with two attached hydrogens (primary N) is 1. The number of rotatable bonds is 7. The zero-order valence-corrected chi connectivity index (χ0v) is 14.1. The van der Waals surface area contributed by atoms with Gasteiger partial charge in [-0.05, 0) is 12.5 Å². The number of anilines is 1. The Hall–Kier alpha value is -3.00. The van der Waals surface area contributed by atoms with E-state index in [0.29, 0.717) is 36.5 Å². The first-order chi connectivity index (χ1) is 12.1. The zero-order valence-electron chi connectivity index (χ0n) is 14.1. The quantitative estimate of drug-likeness (QED) is 0.515. The summed E-state index contributed by atoms with van der Waals surface area (Å²) in [6.45, 7) is 2.86. The van der Waals surface area contributed by atoms with Gasteiger partial charge in [-0.2, -0.15) is 9.97 Å². The van der Waals surface area contributed by atoms with Crippen molar-refractivity contribution < 1.29 is 14.3 Å². The third-order valence-corrected chi connectivity index (χ3v) is 3.70. The van der Waals surface area contributed by atoms with Crippen molar-refractivity contribution in [2.45, 2.75) is 13.5 Å². The Morgan fingerprint density at radius 3 is 2.64 bits per heavy atom. The van der Waals surface area contributed by atoms with Crippen LogP contribution in [0.25, 0.3) is 11.2 Å². The Balaban J connectivity index is 1.86. The highest BCUT2D eigenvalue weighted by Gasteiger charge is 2.12. The van der Waals surface area contributed by atoms with Crippen LogP contribution in [0.1, 0.15) is 22.8 Å². The van der Waals surface area contributed by atoms with Gasteiger partial charge in [-0.1, -0.05) is 24.3 Å². The molecule has 2 aromatic heterocycles. The number of aromatic nitrogens is 4. The first-order valence-corrected chi connectivity index (χ1v) is 7.78. The summed E-state index contributed by atoms with van der Waals surface area (Å²) in [5, 5.41) is 0. The minimum Gasteiger partial charge on any atom is -0.461 e. The molecule has 0 fully saturated rings. The van der Waals surface area contributed by atoms with Gasteiger partial charge in [0.2, 0.25) is 0 Å². The SMILES string of the molecule is COCCOc1nc(N)c2ncn(Cc3ccc(C(C)=O)cc3)c2n1. The summed E-state index contributed by atoms with van der Waals surface area (Å²) in [7, 11) is 1.59. The van der Waals surface area contributed by atoms with Crippen LogP contribution in [0.2, 0.25) is 0 Å². The molecule has 8 nitrogen and oxygen atoms in total. The van der Waals surface area contributed by atoms with Crippen molar-refractivity contribution in [3.63, 3.8) is 0 Å². The lowest BCUT2D eigenvalue weighted by molar-refractivity contribution is 0.101. The number of nitrogens with zero attached hydrogens (tertiary/aromatic N) is 4. The summed E-state index contributed by atoms with van der Waals surface area (Å²) < 4.78 is 12.2. The molecule has 8 heteroatoms. The Labute approximate surface area is 144 Å². The lowest BCUT2D eigenvalue weighted by Gasteiger charge is -2.07. The van der Waals surface area contributed by atoms with Crippen LogP contribution in [0.15, 0.2) is 30.6 Å². The van der Waals surface area contributed by atoms with E-state index < -0.39 is 0 Å². The van der Waals surface area contributed by atoms with Crippen molar-refractivity contribution in [1.29, 1.82) is 0 Å². The van der Waals surface area contributed by atoms with E-state index in [0.717, 1.165) is 5.56 Å². The molecule has 0 atom stereocenters. The van der Waals surface area contributed by atoms with Crippen molar-refractivity contribution in [2.75, 3.05) is 26.1 Å². The van der Waals surface area contributed by atoms with Gasteiger partial charge in [0.25, 0.3) is 0 Å². The molecule has 0 bridgehead atoms. The number of carbonyl (C=O) groups is 1. The maximum Gasteiger partial charge on any atom is 0.320 e. The maximum absolute atomic E-state index is 11.4. The molecule has 0 aliphatic rings. The summed E-state index contributed by atoms with van der Waals surface area (Å²) >= 11 is 0. The summed E-state index contributed by atoms with van der Waals surface area (Å²) in [4.78, 5) is 24.1. The fraction of sp³-hybridized carbons (Fsp3) is 0.294. The molecule has 0 aliphatic heterocycles. The Kier molecular flexibility index (Phi) is 4.90. The second-order valence-corrected chi connectivity index (χ2v) is 5.53. The third-order valence-electron chi connectivity index (χ3n) is 3.70. The van der Waals surface area contributed by atoms with Gasteiger partial charge >= 0.3 is 6.01 Å². The maximum atomic E-state index is 11.4. The summed E-state index contributed by atoms with van der Waals surface area (Å²) in [6, 6.07) is 7.61. The fourth-order valence-electron chi connectivity index (χ4n) is 2.38. The Morgan fingerprint density at radius 2 is 1.96 bits per heavy atom. The second-order valence-electron chi connectivity index (χ2n) is 5.53. The lowest BCUT2D eigenvalue weighted by atomic mass is 10.1. The van der Waals surface area contributed by atoms with Crippen molar-refractivity contribution >= 4 is 22.8 Å². The van der Waals surface area contributed by atoms with E-state index in [1.54, 1.807) is 32.5 Å². The number of hydrogen-bond acceptors (Lipinski definition) is 7. The van der Waals surface area contributed by atoms with Gasteiger partial charge in [0.05, 0.1) is 19.5 Å². The van der Waals surface area contributed by atoms with Crippen molar-refractivity contribution in [1.82, 2.24) is 19.5 Å². The van der Waals surface area contributed by atoms with Crippen LogP contribution < -0.4 is 10.5 Å². The van der Waals surface area contributed by atoms with Crippen LogP contribution in [0.3, 0.4) is 0 Å². The molecule has 25 heavy (non-hydrogen) atoms. The smallest absolute Gasteiger partial charge is 0.320 e. The molecule has 0 saturated heterocycles. The molecule has 2 N–H and O–H groups in total. The molecule has 0 radical (unpaired) electrons. The van der Waals surface area contributed by atoms with E-state index in [-0.39, 0.29) is 17.6 Å². The van der Waals surface area contributed by atoms with Crippen LogP contribution >= 0.6 is 0 Å². The number of benzene rings is 1. The molecule has 0 amide bonds. The van der Waals surface area contributed by atoms with Crippen LogP contribution in [-0.2, 0) is 11.3 Å². The largest absolute Gasteiger partial charge is 0.461 e. The minimum absolute atomic E-state index is 0.0398. The van der Waals surface area contributed by atoms with E-state index in [9.17, 15) is 4.79 Å². The van der Waals surface area contributed by atoms with Crippen LogP contribution in [0.4, 0.5) is 5.82 Å². The number of fused-ring (bicyclic) bond motifs is 1. The van der Waals surface area contributed by atoms with Gasteiger partial charge in [0.1, 0.15) is 6.61 Å². The van der Waals surface area contributed by atoms with E-state index in [1.165, 1.54) is 0 Å². The first-order valence-electron chi connectivity index (χ1n) is 7.78. The summed E-state index contributed by atoms with van der Waals surface area (Å²) in [5.74, 6) is 0.307. The van der Waals surface area contributed by atoms with E-state index in [1.807, 2.05) is 16.7 Å². The number of hydrogen-bond donors (Lipinski definition) is 1. The predicted molar refractivity (Wildman–Crippen MR) is 92.7 cm³/mol. The monoisotopic (exact) mass is 341 g/mol. The molecule has 0 saturated carbocycles. The van der Waals surface area contributed by atoms with Crippen molar-refractivity contribution in [2.24, 2.45) is 0 Å². The number of imidazole rings is 1. The van der Waals surface area contributed by atoms with Crippen LogP contribution in [-0.4, -0.2) is 45.6 Å². The van der Waals surface area contributed by atoms with Crippen LogP contribution in [0, 0.1) is 0 Å². The molecule has 3 rings (SSSR count). The van der Waals surface area contributed by atoms with Crippen molar-refractivity contribution in [3.05, 3.63) is 41.7 Å². The number of methoxy groups -OCH3 is 1. The third kappa shape index (κ3) is 3.74. The fourth-order valence-corrected chi connectivity index (χ4v) is 2.38. The van der Waals surface area contributed by atoms with E-state index >= 15 is 0 Å². The minimum atomic E-state index is 0.0398. The summed E-state index contributed by atoms with van der Waals surface area (Å²) in [5.41, 5.74) is 8.76. The molecule has 0 spiro atoms. The van der Waals surface area contributed by atoms with Gasteiger partial charge in [0, 0.05) is 12.7 Å². The normalized spacial score (nSPS) is 11.0. The molecular weight excluding hydrogens is 322 g/mol. The molecular formula is C17H19N5O3. The molecule has 130 valence electrons. The van der Waals surface area contributed by atoms with Gasteiger partial charge in [0.15, 0.2) is 22.8 Å². The molecule has 1 aromatic carbocycles. The average molecular weight is 341 g/mol. The molecule has 2 heterocycles. The standard InChI is InChI=1S/C17H19N5O3/c1-11(23)13-5-3-12(4-6-13)9-22-10-19-14-15(18)20-17(21-16(14)22)25-8-7-24-2/h3-6,10H,7-9H2,1-2H3,(H2,18,20,21). The predicted octanol–water partition coefficient (Wildman–Crippen LogP) is 1.68. The van der Waals surface area contributed by atoms with E-state index in [2.05, 4.69) is 15.0 Å². The number of ether oxygens (including phenoxy) is 2. The topological polar surface area (TPSA) is 105 Å². The highest BCUT2D eigenvalue weighted by Crippen LogP contribution is 2.20. The molecule has 3 aromatic rings.